The minimum Gasteiger partial charge on any atom is -0.487 e. The summed E-state index contributed by atoms with van der Waals surface area (Å²) in [5, 5.41) is 3.50. The number of nitrogens with zero attached hydrogens (tertiary/aromatic N) is 2. The second kappa shape index (κ2) is 8.49. The normalized spacial score (nSPS) is 15.9. The van der Waals surface area contributed by atoms with Crippen LogP contribution in [0.5, 0.6) is 11.5 Å². The Labute approximate surface area is 173 Å². The molecule has 6 nitrogen and oxygen atoms in total. The second-order valence-electron chi connectivity index (χ2n) is 6.78. The quantitative estimate of drug-likeness (QED) is 0.672. The van der Waals surface area contributed by atoms with Crippen molar-refractivity contribution in [2.24, 2.45) is 0 Å². The van der Waals surface area contributed by atoms with Crippen LogP contribution in [-0.2, 0) is 11.2 Å². The molecule has 7 heteroatoms. The van der Waals surface area contributed by atoms with Gasteiger partial charge in [0.1, 0.15) is 17.6 Å². The van der Waals surface area contributed by atoms with Gasteiger partial charge in [-0.2, -0.15) is 0 Å². The van der Waals surface area contributed by atoms with Crippen LogP contribution in [-0.4, -0.2) is 34.6 Å². The average molecular weight is 410 g/mol. The Balaban J connectivity index is 1.39. The van der Waals surface area contributed by atoms with E-state index in [1.165, 1.54) is 0 Å². The van der Waals surface area contributed by atoms with Crippen LogP contribution >= 0.6 is 11.6 Å². The number of carbonyl (C=O) groups excluding carboxylic acids is 1. The Morgan fingerprint density at radius 1 is 1.24 bits per heavy atom. The maximum absolute atomic E-state index is 12.4. The monoisotopic (exact) mass is 409 g/mol. The number of rotatable bonds is 6. The number of hydrogen-bond acceptors (Lipinski definition) is 5. The van der Waals surface area contributed by atoms with Gasteiger partial charge >= 0.3 is 0 Å². The predicted molar refractivity (Wildman–Crippen MR) is 110 cm³/mol. The van der Waals surface area contributed by atoms with Gasteiger partial charge in [-0.3, -0.25) is 4.79 Å². The number of ether oxygens (including phenoxy) is 2. The molecule has 0 bridgehead atoms. The van der Waals surface area contributed by atoms with Crippen LogP contribution in [0.2, 0.25) is 5.02 Å². The fourth-order valence-electron chi connectivity index (χ4n) is 3.23. The minimum atomic E-state index is -0.607. The molecule has 0 unspecified atom stereocenters. The van der Waals surface area contributed by atoms with Crippen molar-refractivity contribution < 1.29 is 14.3 Å². The zero-order valence-electron chi connectivity index (χ0n) is 15.8. The van der Waals surface area contributed by atoms with Crippen LogP contribution in [0.4, 0.5) is 0 Å². The maximum atomic E-state index is 12.4. The molecule has 1 aromatic heterocycles. The molecular formula is C22H20ClN3O3. The lowest BCUT2D eigenvalue weighted by molar-refractivity contribution is -0.127. The first kappa shape index (κ1) is 19.2. The molecule has 4 rings (SSSR count). The van der Waals surface area contributed by atoms with Gasteiger partial charge in [0.25, 0.3) is 5.91 Å². The number of fused-ring (bicyclic) bond motifs is 1. The van der Waals surface area contributed by atoms with Crippen LogP contribution in [0.25, 0.3) is 11.4 Å². The summed E-state index contributed by atoms with van der Waals surface area (Å²) >= 11 is 6.27. The molecule has 1 amide bonds. The van der Waals surface area contributed by atoms with E-state index in [0.29, 0.717) is 35.3 Å². The Bertz CT molecular complexity index is 999. The first-order valence-corrected chi connectivity index (χ1v) is 9.74. The highest BCUT2D eigenvalue weighted by molar-refractivity contribution is 6.31. The molecule has 2 aromatic carbocycles. The molecule has 2 atom stereocenters. The molecule has 0 saturated carbocycles. The van der Waals surface area contributed by atoms with Gasteiger partial charge in [0.2, 0.25) is 0 Å². The van der Waals surface area contributed by atoms with E-state index < -0.39 is 6.10 Å². The van der Waals surface area contributed by atoms with Crippen molar-refractivity contribution in [3.8, 4) is 22.9 Å². The lowest BCUT2D eigenvalue weighted by Gasteiger charge is -2.17. The van der Waals surface area contributed by atoms with E-state index >= 15 is 0 Å². The van der Waals surface area contributed by atoms with Crippen LogP contribution in [0.3, 0.4) is 0 Å². The maximum Gasteiger partial charge on any atom is 0.260 e. The molecule has 148 valence electrons. The first-order chi connectivity index (χ1) is 14.1. The number of para-hydroxylation sites is 1. The largest absolute Gasteiger partial charge is 0.487 e. The molecule has 3 aromatic rings. The van der Waals surface area contributed by atoms with Gasteiger partial charge in [-0.1, -0.05) is 29.8 Å². The fourth-order valence-corrected chi connectivity index (χ4v) is 3.47. The summed E-state index contributed by atoms with van der Waals surface area (Å²) in [6.45, 7) is 2.08. The van der Waals surface area contributed by atoms with Crippen molar-refractivity contribution in [3.63, 3.8) is 0 Å². The highest BCUT2D eigenvalue weighted by Gasteiger charge is 2.28. The number of hydrogen-bond donors (Lipinski definition) is 1. The van der Waals surface area contributed by atoms with Gasteiger partial charge in [-0.05, 0) is 37.3 Å². The topological polar surface area (TPSA) is 73.3 Å². The van der Waals surface area contributed by atoms with Crippen molar-refractivity contribution in [2.45, 2.75) is 25.6 Å². The molecule has 29 heavy (non-hydrogen) atoms. The third kappa shape index (κ3) is 4.49. The highest BCUT2D eigenvalue weighted by atomic mass is 35.5. The third-order valence-electron chi connectivity index (χ3n) is 4.60. The average Bonchev–Trinajstić information content (AvgIpc) is 3.15. The molecule has 0 fully saturated rings. The molecule has 1 aliphatic rings. The summed E-state index contributed by atoms with van der Waals surface area (Å²) in [5.41, 5.74) is 1.73. The lowest BCUT2D eigenvalue weighted by atomic mass is 10.1. The number of aromatic nitrogens is 2. The van der Waals surface area contributed by atoms with Crippen LogP contribution < -0.4 is 14.8 Å². The Morgan fingerprint density at radius 2 is 2.00 bits per heavy atom. The first-order valence-electron chi connectivity index (χ1n) is 9.36. The third-order valence-corrected chi connectivity index (χ3v) is 4.82. The fraction of sp³-hybridized carbons (Fsp3) is 0.227. The number of carbonyl (C=O) groups is 1. The van der Waals surface area contributed by atoms with Gasteiger partial charge in [0, 0.05) is 29.4 Å². The number of halogens is 1. The van der Waals surface area contributed by atoms with Crippen molar-refractivity contribution >= 4 is 17.5 Å². The van der Waals surface area contributed by atoms with Gasteiger partial charge < -0.3 is 14.8 Å². The Kier molecular flexibility index (Phi) is 5.62. The van der Waals surface area contributed by atoms with E-state index in [0.717, 1.165) is 11.1 Å². The summed E-state index contributed by atoms with van der Waals surface area (Å²) in [7, 11) is 0. The standard InChI is InChI=1S/C22H20ClN3O3/c1-14(28-17-6-3-2-4-7-17)22(27)26-13-18-11-15-10-16(23)12-19(20(15)29-18)21-24-8-5-9-25-21/h2-10,12,14,18H,11,13H2,1H3,(H,26,27)/t14-,18-/m0/s1. The molecule has 1 N–H and O–H groups in total. The predicted octanol–water partition coefficient (Wildman–Crippen LogP) is 3.68. The summed E-state index contributed by atoms with van der Waals surface area (Å²) < 4.78 is 11.8. The lowest BCUT2D eigenvalue weighted by Crippen LogP contribution is -2.41. The van der Waals surface area contributed by atoms with Crippen LogP contribution in [0.15, 0.2) is 60.9 Å². The van der Waals surface area contributed by atoms with Gasteiger partial charge in [0.15, 0.2) is 11.9 Å². The van der Waals surface area contributed by atoms with Crippen molar-refractivity contribution in [3.05, 3.63) is 71.5 Å². The number of amides is 1. The molecule has 0 spiro atoms. The van der Waals surface area contributed by atoms with E-state index in [-0.39, 0.29) is 12.0 Å². The summed E-state index contributed by atoms with van der Waals surface area (Å²) in [4.78, 5) is 21.0. The molecule has 0 aliphatic carbocycles. The Morgan fingerprint density at radius 3 is 2.76 bits per heavy atom. The van der Waals surface area contributed by atoms with E-state index in [2.05, 4.69) is 15.3 Å². The minimum absolute atomic E-state index is 0.196. The number of nitrogens with one attached hydrogen (secondary N) is 1. The smallest absolute Gasteiger partial charge is 0.260 e. The summed E-state index contributed by atoms with van der Waals surface area (Å²) in [5.74, 6) is 1.73. The SMILES string of the molecule is C[C@H](Oc1ccccc1)C(=O)NC[C@@H]1Cc2cc(Cl)cc(-c3ncccn3)c2O1. The van der Waals surface area contributed by atoms with E-state index in [9.17, 15) is 4.79 Å². The molecule has 0 radical (unpaired) electrons. The number of benzene rings is 2. The second-order valence-corrected chi connectivity index (χ2v) is 7.21. The van der Waals surface area contributed by atoms with Crippen LogP contribution in [0, 0.1) is 0 Å². The summed E-state index contributed by atoms with van der Waals surface area (Å²) in [6.07, 6.45) is 3.19. The van der Waals surface area contributed by atoms with Crippen LogP contribution in [0.1, 0.15) is 12.5 Å². The zero-order valence-corrected chi connectivity index (χ0v) is 16.6. The Hall–Kier alpha value is -3.12. The van der Waals surface area contributed by atoms with Crippen molar-refractivity contribution in [2.75, 3.05) is 6.54 Å². The highest BCUT2D eigenvalue weighted by Crippen LogP contribution is 2.39. The van der Waals surface area contributed by atoms with Crippen molar-refractivity contribution in [1.29, 1.82) is 0 Å². The molecular weight excluding hydrogens is 390 g/mol. The summed E-state index contributed by atoms with van der Waals surface area (Å²) in [6, 6.07) is 14.7. The molecule has 1 aliphatic heterocycles. The van der Waals surface area contributed by atoms with Gasteiger partial charge in [-0.15, -0.1) is 0 Å². The molecule has 2 heterocycles. The van der Waals surface area contributed by atoms with E-state index in [4.69, 9.17) is 21.1 Å². The zero-order chi connectivity index (χ0) is 20.2. The van der Waals surface area contributed by atoms with Crippen molar-refractivity contribution in [1.82, 2.24) is 15.3 Å². The van der Waals surface area contributed by atoms with Gasteiger partial charge in [0.05, 0.1) is 12.1 Å². The van der Waals surface area contributed by atoms with E-state index in [1.54, 1.807) is 31.5 Å². The van der Waals surface area contributed by atoms with E-state index in [1.807, 2.05) is 36.4 Å². The van der Waals surface area contributed by atoms with Gasteiger partial charge in [-0.25, -0.2) is 9.97 Å². The molecule has 0 saturated heterocycles.